The number of ether oxygens (including phenoxy) is 2. The number of methoxy groups -OCH3 is 1. The third-order valence-corrected chi connectivity index (χ3v) is 10.4. The van der Waals surface area contributed by atoms with Gasteiger partial charge < -0.3 is 9.47 Å². The van der Waals surface area contributed by atoms with Gasteiger partial charge in [-0.05, 0) is 67.1 Å². The number of rotatable bonds is 5. The van der Waals surface area contributed by atoms with E-state index in [4.69, 9.17) is 9.47 Å². The highest BCUT2D eigenvalue weighted by Gasteiger charge is 2.66. The lowest BCUT2D eigenvalue weighted by Crippen LogP contribution is -2.61. The molecule has 4 aliphatic rings. The molecule has 0 N–H and O–H groups in total. The minimum absolute atomic E-state index is 0.0548. The van der Waals surface area contributed by atoms with Gasteiger partial charge in [-0.1, -0.05) is 20.8 Å². The van der Waals surface area contributed by atoms with Crippen molar-refractivity contribution in [2.45, 2.75) is 91.6 Å². The van der Waals surface area contributed by atoms with Gasteiger partial charge in [0, 0.05) is 43.9 Å². The average Bonchev–Trinajstić information content (AvgIpc) is 3.11. The molecular weight excluding hydrogens is 420 g/mol. The van der Waals surface area contributed by atoms with Crippen molar-refractivity contribution in [1.82, 2.24) is 0 Å². The first-order valence-corrected chi connectivity index (χ1v) is 12.8. The summed E-state index contributed by atoms with van der Waals surface area (Å²) in [7, 11) is 1.41. The quantitative estimate of drug-likeness (QED) is 0.561. The van der Waals surface area contributed by atoms with Crippen molar-refractivity contribution in [3.05, 3.63) is 0 Å². The summed E-state index contributed by atoms with van der Waals surface area (Å²) >= 11 is 0. The Morgan fingerprint density at radius 3 is 2.52 bits per heavy atom. The highest BCUT2D eigenvalue weighted by Crippen LogP contribution is 2.67. The highest BCUT2D eigenvalue weighted by atomic mass is 16.5. The standard InChI is InChI=1S/C27H40O6/c1-15(6-9-24(31)32-5)19-7-8-20-25-21(14-23(30)27(19,20)4)26(3)11-10-18(29)12-17(26)13-22(25)33-16(2)28/h15,17,19-22,25H,6-14H2,1-5H3/t15-,17-,19+,20+,21-,22+,25+,26-,27+/m0/s1. The van der Waals surface area contributed by atoms with Gasteiger partial charge in [-0.25, -0.2) is 0 Å². The molecule has 4 saturated carbocycles. The summed E-state index contributed by atoms with van der Waals surface area (Å²) in [6.07, 6.45) is 5.99. The lowest BCUT2D eigenvalue weighted by molar-refractivity contribution is -0.190. The zero-order valence-corrected chi connectivity index (χ0v) is 20.9. The molecule has 9 atom stereocenters. The minimum Gasteiger partial charge on any atom is -0.469 e. The third kappa shape index (κ3) is 3.95. The van der Waals surface area contributed by atoms with Crippen LogP contribution in [-0.2, 0) is 28.7 Å². The predicted octanol–water partition coefficient (Wildman–Crippen LogP) is 4.52. The van der Waals surface area contributed by atoms with Crippen LogP contribution in [-0.4, -0.2) is 36.7 Å². The summed E-state index contributed by atoms with van der Waals surface area (Å²) in [4.78, 5) is 50.0. The van der Waals surface area contributed by atoms with E-state index >= 15 is 0 Å². The first-order chi connectivity index (χ1) is 15.5. The number of carbonyl (C=O) groups excluding carboxylic acids is 4. The van der Waals surface area contributed by atoms with Crippen molar-refractivity contribution in [1.29, 1.82) is 0 Å². The van der Waals surface area contributed by atoms with Gasteiger partial charge in [-0.3, -0.25) is 19.2 Å². The monoisotopic (exact) mass is 460 g/mol. The molecule has 6 heteroatoms. The maximum atomic E-state index is 13.9. The first kappa shape index (κ1) is 24.4. The Hall–Kier alpha value is -1.72. The molecule has 33 heavy (non-hydrogen) atoms. The van der Waals surface area contributed by atoms with Gasteiger partial charge in [0.1, 0.15) is 17.7 Å². The van der Waals surface area contributed by atoms with E-state index in [-0.39, 0.29) is 59.0 Å². The number of hydrogen-bond donors (Lipinski definition) is 0. The second-order valence-electron chi connectivity index (χ2n) is 11.8. The Kier molecular flexibility index (Phi) is 6.52. The van der Waals surface area contributed by atoms with Crippen LogP contribution in [0.4, 0.5) is 0 Å². The Bertz CT molecular complexity index is 834. The molecule has 0 aromatic rings. The number of Topliss-reactive ketones (excluding diaryl/α,β-unsaturated/α-hetero) is 2. The molecule has 4 aliphatic carbocycles. The van der Waals surface area contributed by atoms with E-state index in [1.54, 1.807) is 0 Å². The van der Waals surface area contributed by atoms with Crippen LogP contribution in [0.5, 0.6) is 0 Å². The van der Waals surface area contributed by atoms with Crippen molar-refractivity contribution < 1.29 is 28.7 Å². The van der Waals surface area contributed by atoms with E-state index in [0.29, 0.717) is 37.2 Å². The molecule has 0 amide bonds. The maximum Gasteiger partial charge on any atom is 0.305 e. The van der Waals surface area contributed by atoms with Crippen molar-refractivity contribution in [2.75, 3.05) is 7.11 Å². The summed E-state index contributed by atoms with van der Waals surface area (Å²) in [5.74, 6) is 1.28. The lowest BCUT2D eigenvalue weighted by atomic mass is 9.43. The summed E-state index contributed by atoms with van der Waals surface area (Å²) in [6.45, 7) is 8.06. The molecule has 0 heterocycles. The predicted molar refractivity (Wildman–Crippen MR) is 122 cm³/mol. The molecule has 4 fully saturated rings. The van der Waals surface area contributed by atoms with Gasteiger partial charge in [0.25, 0.3) is 0 Å². The fraction of sp³-hybridized carbons (Fsp3) is 0.852. The molecule has 0 spiro atoms. The molecule has 0 aromatic heterocycles. The van der Waals surface area contributed by atoms with Gasteiger partial charge in [0.2, 0.25) is 0 Å². The van der Waals surface area contributed by atoms with Crippen LogP contribution in [0.3, 0.4) is 0 Å². The van der Waals surface area contributed by atoms with E-state index in [1.807, 2.05) is 0 Å². The second-order valence-corrected chi connectivity index (χ2v) is 11.8. The number of ketones is 2. The molecule has 0 aromatic carbocycles. The zero-order valence-electron chi connectivity index (χ0n) is 20.9. The molecule has 184 valence electrons. The van der Waals surface area contributed by atoms with Gasteiger partial charge in [-0.15, -0.1) is 0 Å². The molecule has 0 aliphatic heterocycles. The van der Waals surface area contributed by atoms with E-state index in [0.717, 1.165) is 32.1 Å². The van der Waals surface area contributed by atoms with Crippen molar-refractivity contribution in [3.63, 3.8) is 0 Å². The summed E-state index contributed by atoms with van der Waals surface area (Å²) in [5, 5.41) is 0. The second kappa shape index (κ2) is 8.81. The molecule has 0 bridgehead atoms. The van der Waals surface area contributed by atoms with E-state index in [1.165, 1.54) is 14.0 Å². The fourth-order valence-corrected chi connectivity index (χ4v) is 8.63. The van der Waals surface area contributed by atoms with Crippen molar-refractivity contribution >= 4 is 23.5 Å². The normalized spacial score (nSPS) is 43.2. The van der Waals surface area contributed by atoms with Crippen molar-refractivity contribution in [3.8, 4) is 0 Å². The summed E-state index contributed by atoms with van der Waals surface area (Å²) in [5.41, 5.74) is -0.510. The van der Waals surface area contributed by atoms with Gasteiger partial charge in [0.15, 0.2) is 0 Å². The van der Waals surface area contributed by atoms with Crippen LogP contribution >= 0.6 is 0 Å². The number of carbonyl (C=O) groups is 4. The third-order valence-electron chi connectivity index (χ3n) is 10.4. The molecule has 6 nitrogen and oxygen atoms in total. The summed E-state index contributed by atoms with van der Waals surface area (Å²) in [6, 6.07) is 0. The molecule has 0 saturated heterocycles. The lowest BCUT2D eigenvalue weighted by Gasteiger charge is -2.61. The van der Waals surface area contributed by atoms with Crippen LogP contribution < -0.4 is 0 Å². The Labute approximate surface area is 197 Å². The smallest absolute Gasteiger partial charge is 0.305 e. The van der Waals surface area contributed by atoms with E-state index in [9.17, 15) is 19.2 Å². The van der Waals surface area contributed by atoms with Crippen LogP contribution in [0.15, 0.2) is 0 Å². The Morgan fingerprint density at radius 2 is 1.85 bits per heavy atom. The van der Waals surface area contributed by atoms with Gasteiger partial charge in [-0.2, -0.15) is 0 Å². The van der Waals surface area contributed by atoms with Crippen LogP contribution in [0.2, 0.25) is 0 Å². The summed E-state index contributed by atoms with van der Waals surface area (Å²) < 4.78 is 10.8. The topological polar surface area (TPSA) is 86.7 Å². The van der Waals surface area contributed by atoms with Crippen molar-refractivity contribution in [2.24, 2.45) is 46.3 Å². The van der Waals surface area contributed by atoms with Crippen LogP contribution in [0.25, 0.3) is 0 Å². The number of hydrogen-bond acceptors (Lipinski definition) is 6. The van der Waals surface area contributed by atoms with Gasteiger partial charge in [0.05, 0.1) is 7.11 Å². The van der Waals surface area contributed by atoms with E-state index < -0.39 is 5.41 Å². The van der Waals surface area contributed by atoms with Gasteiger partial charge >= 0.3 is 11.9 Å². The Balaban J connectivity index is 1.65. The number of esters is 2. The first-order valence-electron chi connectivity index (χ1n) is 12.8. The SMILES string of the molecule is COC(=O)CC[C@H](C)[C@H]1CC[C@@H]2[C@H]3[C@H](OC(C)=O)C[C@@H]4CC(=O)CC[C@]4(C)[C@H]3CC(=O)[C@@]21C. The van der Waals surface area contributed by atoms with Crippen LogP contribution in [0, 0.1) is 46.3 Å². The molecule has 0 radical (unpaired) electrons. The largest absolute Gasteiger partial charge is 0.469 e. The maximum absolute atomic E-state index is 13.9. The molecule has 0 unspecified atom stereocenters. The van der Waals surface area contributed by atoms with E-state index in [2.05, 4.69) is 20.8 Å². The zero-order chi connectivity index (χ0) is 24.1. The number of fused-ring (bicyclic) bond motifs is 5. The molecule has 4 rings (SSSR count). The van der Waals surface area contributed by atoms with Crippen LogP contribution in [0.1, 0.15) is 85.5 Å². The minimum atomic E-state index is -0.456. The average molecular weight is 461 g/mol. The Morgan fingerprint density at radius 1 is 1.12 bits per heavy atom. The fourth-order valence-electron chi connectivity index (χ4n) is 8.63. The molecular formula is C27H40O6. The highest BCUT2D eigenvalue weighted by molar-refractivity contribution is 5.87.